The molecule has 4 heteroatoms. The van der Waals surface area contributed by atoms with Crippen LogP contribution in [0.4, 0.5) is 0 Å². The highest BCUT2D eigenvalue weighted by Crippen LogP contribution is 2.05. The predicted octanol–water partition coefficient (Wildman–Crippen LogP) is 1.51. The summed E-state index contributed by atoms with van der Waals surface area (Å²) in [6.45, 7) is 2.10. The fraction of sp³-hybridized carbons (Fsp3) is 0.750. The minimum atomic E-state index is -0.706. The van der Waals surface area contributed by atoms with E-state index in [1.54, 1.807) is 6.92 Å². The van der Waals surface area contributed by atoms with Crippen LogP contribution >= 0.6 is 27.5 Å². The van der Waals surface area contributed by atoms with Crippen LogP contribution in [-0.2, 0) is 9.53 Å². The summed E-state index contributed by atoms with van der Waals surface area (Å²) in [7, 11) is 0. The number of hydrogen-bond donors (Lipinski definition) is 0. The van der Waals surface area contributed by atoms with Crippen LogP contribution in [0.5, 0.6) is 0 Å². The van der Waals surface area contributed by atoms with Crippen molar-refractivity contribution in [1.82, 2.24) is 0 Å². The largest absolute Gasteiger partial charge is 0.464 e. The maximum atomic E-state index is 10.3. The summed E-state index contributed by atoms with van der Waals surface area (Å²) < 4.78 is 3.78. The number of esters is 1. The summed E-state index contributed by atoms with van der Waals surface area (Å²) in [4.78, 5) is 10.3. The molecule has 0 aliphatic carbocycles. The third-order valence-corrected chi connectivity index (χ3v) is 1.02. The van der Waals surface area contributed by atoms with E-state index < -0.39 is 10.3 Å². The van der Waals surface area contributed by atoms with Crippen molar-refractivity contribution >= 4 is 33.5 Å². The van der Waals surface area contributed by atoms with E-state index in [0.29, 0.717) is 6.61 Å². The fourth-order valence-electron chi connectivity index (χ4n) is 0.205. The maximum Gasteiger partial charge on any atom is 0.335 e. The Morgan fingerprint density at radius 2 is 2.50 bits per heavy atom. The highest BCUT2D eigenvalue weighted by molar-refractivity contribution is 9.10. The molecule has 1 unspecified atom stereocenters. The number of alkyl halides is 2. The number of rotatable bonds is 2. The van der Waals surface area contributed by atoms with Gasteiger partial charge in [0.25, 0.3) is 0 Å². The van der Waals surface area contributed by atoms with Crippen molar-refractivity contribution in [2.24, 2.45) is 0 Å². The number of carbonyl (C=O) groups is 1. The molecule has 0 N–H and O–H groups in total. The van der Waals surface area contributed by atoms with E-state index in [-0.39, 0.29) is 0 Å². The van der Waals surface area contributed by atoms with Gasteiger partial charge >= 0.3 is 5.97 Å². The molecule has 1 atom stereocenters. The number of halogens is 2. The average Bonchev–Trinajstić information content (AvgIpc) is 1.67. The molecule has 0 aliphatic heterocycles. The molecule has 0 aromatic rings. The Balaban J connectivity index is 3.33. The molecule has 0 amide bonds. The third kappa shape index (κ3) is 3.27. The highest BCUT2D eigenvalue weighted by atomic mass is 79.9. The highest BCUT2D eigenvalue weighted by Gasteiger charge is 2.09. The number of ether oxygens (including phenoxy) is 1. The summed E-state index contributed by atoms with van der Waals surface area (Å²) in [5, 5.41) is 0. The minimum Gasteiger partial charge on any atom is -0.464 e. The maximum absolute atomic E-state index is 10.3. The van der Waals surface area contributed by atoms with Crippen LogP contribution in [-0.4, -0.2) is 16.9 Å². The Labute approximate surface area is 61.3 Å². The van der Waals surface area contributed by atoms with Crippen LogP contribution in [0.15, 0.2) is 0 Å². The molecule has 2 nitrogen and oxygen atoms in total. The first-order valence-electron chi connectivity index (χ1n) is 2.13. The van der Waals surface area contributed by atoms with Crippen LogP contribution < -0.4 is 0 Å². The lowest BCUT2D eigenvalue weighted by molar-refractivity contribution is -0.140. The molecule has 0 spiro atoms. The van der Waals surface area contributed by atoms with E-state index in [2.05, 4.69) is 20.7 Å². The van der Waals surface area contributed by atoms with Gasteiger partial charge in [-0.2, -0.15) is 0 Å². The monoisotopic (exact) mass is 200 g/mol. The summed E-state index contributed by atoms with van der Waals surface area (Å²) >= 11 is 8.08. The first-order chi connectivity index (χ1) is 3.68. The van der Waals surface area contributed by atoms with Crippen molar-refractivity contribution in [2.45, 2.75) is 11.2 Å². The molecule has 0 aromatic carbocycles. The van der Waals surface area contributed by atoms with Gasteiger partial charge in [0.1, 0.15) is 0 Å². The van der Waals surface area contributed by atoms with Crippen LogP contribution in [0.3, 0.4) is 0 Å². The molecule has 0 rings (SSSR count). The normalized spacial score (nSPS) is 12.9. The van der Waals surface area contributed by atoms with E-state index in [1.807, 2.05) is 0 Å². The molecular formula is C4H6BrClO2. The van der Waals surface area contributed by atoms with Gasteiger partial charge in [0.2, 0.25) is 0 Å². The topological polar surface area (TPSA) is 26.3 Å². The molecule has 0 saturated heterocycles. The second-order valence-electron chi connectivity index (χ2n) is 1.05. The minimum absolute atomic E-state index is 0.369. The quantitative estimate of drug-likeness (QED) is 0.500. The molecular weight excluding hydrogens is 195 g/mol. The standard InChI is InChI=1S/C4H6BrClO2/c1-2-8-4(7)3(5)6/h3H,2H2,1H3. The molecule has 0 radical (unpaired) electrons. The van der Waals surface area contributed by atoms with Gasteiger partial charge in [-0.25, -0.2) is 4.79 Å². The van der Waals surface area contributed by atoms with Crippen LogP contribution in [0.25, 0.3) is 0 Å². The van der Waals surface area contributed by atoms with Crippen molar-refractivity contribution < 1.29 is 9.53 Å². The Morgan fingerprint density at radius 1 is 2.00 bits per heavy atom. The lowest BCUT2D eigenvalue weighted by atomic mass is 10.8. The van der Waals surface area contributed by atoms with Gasteiger partial charge in [-0.1, -0.05) is 27.5 Å². The fourth-order valence-corrected chi connectivity index (χ4v) is 0.400. The van der Waals surface area contributed by atoms with Gasteiger partial charge in [-0.15, -0.1) is 0 Å². The first kappa shape index (κ1) is 8.24. The summed E-state index contributed by atoms with van der Waals surface area (Å²) in [6.07, 6.45) is 0. The number of carbonyl (C=O) groups excluding carboxylic acids is 1. The van der Waals surface area contributed by atoms with Crippen molar-refractivity contribution in [3.05, 3.63) is 0 Å². The Bertz CT molecular complexity index is 84.1. The van der Waals surface area contributed by atoms with Crippen molar-refractivity contribution in [3.63, 3.8) is 0 Å². The van der Waals surface area contributed by atoms with Gasteiger partial charge < -0.3 is 4.74 Å². The molecule has 0 saturated carbocycles. The second kappa shape index (κ2) is 4.15. The van der Waals surface area contributed by atoms with Crippen molar-refractivity contribution in [2.75, 3.05) is 6.61 Å². The van der Waals surface area contributed by atoms with Gasteiger partial charge in [0.05, 0.1) is 6.61 Å². The van der Waals surface area contributed by atoms with Gasteiger partial charge in [-0.05, 0) is 6.92 Å². The summed E-state index contributed by atoms with van der Waals surface area (Å²) in [5.74, 6) is -0.436. The summed E-state index contributed by atoms with van der Waals surface area (Å²) in [6, 6.07) is 0. The molecule has 48 valence electrons. The second-order valence-corrected chi connectivity index (χ2v) is 2.93. The van der Waals surface area contributed by atoms with E-state index in [1.165, 1.54) is 0 Å². The smallest absolute Gasteiger partial charge is 0.335 e. The van der Waals surface area contributed by atoms with E-state index in [9.17, 15) is 4.79 Å². The molecule has 0 fully saturated rings. The summed E-state index contributed by atoms with van der Waals surface area (Å²) in [5.41, 5.74) is 0. The third-order valence-electron chi connectivity index (χ3n) is 0.465. The zero-order valence-corrected chi connectivity index (χ0v) is 6.70. The van der Waals surface area contributed by atoms with Crippen molar-refractivity contribution in [1.29, 1.82) is 0 Å². The molecule has 0 heterocycles. The Morgan fingerprint density at radius 3 is 2.62 bits per heavy atom. The molecule has 0 bridgehead atoms. The van der Waals surface area contributed by atoms with Gasteiger partial charge in [0.15, 0.2) is 4.29 Å². The lowest BCUT2D eigenvalue weighted by Crippen LogP contribution is -2.10. The van der Waals surface area contributed by atoms with Gasteiger partial charge in [-0.3, -0.25) is 0 Å². The van der Waals surface area contributed by atoms with Crippen molar-refractivity contribution in [3.8, 4) is 0 Å². The average molecular weight is 201 g/mol. The predicted molar refractivity (Wildman–Crippen MR) is 35.2 cm³/mol. The molecule has 8 heavy (non-hydrogen) atoms. The van der Waals surface area contributed by atoms with E-state index in [4.69, 9.17) is 11.6 Å². The van der Waals surface area contributed by atoms with Crippen LogP contribution in [0.1, 0.15) is 6.92 Å². The zero-order chi connectivity index (χ0) is 6.57. The van der Waals surface area contributed by atoms with Crippen LogP contribution in [0, 0.1) is 0 Å². The molecule has 0 aliphatic rings. The Hall–Kier alpha value is 0.240. The molecule has 0 aromatic heterocycles. The van der Waals surface area contributed by atoms with E-state index >= 15 is 0 Å². The van der Waals surface area contributed by atoms with Gasteiger partial charge in [0, 0.05) is 0 Å². The number of hydrogen-bond acceptors (Lipinski definition) is 2. The van der Waals surface area contributed by atoms with E-state index in [0.717, 1.165) is 0 Å². The Kier molecular flexibility index (Phi) is 4.28. The van der Waals surface area contributed by atoms with Crippen LogP contribution in [0.2, 0.25) is 0 Å². The lowest BCUT2D eigenvalue weighted by Gasteiger charge is -1.98. The first-order valence-corrected chi connectivity index (χ1v) is 3.48. The SMILES string of the molecule is CCOC(=O)C(Cl)Br. The zero-order valence-electron chi connectivity index (χ0n) is 4.36.